The van der Waals surface area contributed by atoms with Crippen molar-refractivity contribution in [1.82, 2.24) is 9.55 Å². The van der Waals surface area contributed by atoms with Gasteiger partial charge < -0.3 is 9.67 Å². The fraction of sp³-hybridized carbons (Fsp3) is 0.429. The van der Waals surface area contributed by atoms with Crippen molar-refractivity contribution in [2.45, 2.75) is 33.7 Å². The maximum atomic E-state index is 11.0. The highest BCUT2D eigenvalue weighted by Gasteiger charge is 2.12. The Bertz CT molecular complexity index is 579. The van der Waals surface area contributed by atoms with Crippen molar-refractivity contribution in [3.8, 4) is 0 Å². The lowest BCUT2D eigenvalue weighted by atomic mass is 9.92. The van der Waals surface area contributed by atoms with Gasteiger partial charge in [0, 0.05) is 6.54 Å². The Balaban J connectivity index is 2.33. The topological polar surface area (TPSA) is 55.1 Å². The standard InChI is InChI=1S/C14H18N2O2/c1-14(2,3)6-7-16-9-15-11-5-4-10(13(17)18)8-12(11)16/h4-5,8-9H,6-7H2,1-3H3,(H,17,18). The highest BCUT2D eigenvalue weighted by molar-refractivity contribution is 5.92. The van der Waals surface area contributed by atoms with Crippen molar-refractivity contribution in [3.63, 3.8) is 0 Å². The zero-order valence-corrected chi connectivity index (χ0v) is 11.0. The summed E-state index contributed by atoms with van der Waals surface area (Å²) in [5.74, 6) is -0.902. The zero-order valence-electron chi connectivity index (χ0n) is 11.0. The Kier molecular flexibility index (Phi) is 3.11. The number of carbonyl (C=O) groups is 1. The van der Waals surface area contributed by atoms with Gasteiger partial charge in [0.05, 0.1) is 22.9 Å². The molecule has 18 heavy (non-hydrogen) atoms. The van der Waals surface area contributed by atoms with Crippen LogP contribution in [-0.4, -0.2) is 20.6 Å². The summed E-state index contributed by atoms with van der Waals surface area (Å²) >= 11 is 0. The number of imidazole rings is 1. The third-order valence-corrected chi connectivity index (χ3v) is 2.97. The lowest BCUT2D eigenvalue weighted by Crippen LogP contribution is -2.10. The smallest absolute Gasteiger partial charge is 0.335 e. The van der Waals surface area contributed by atoms with E-state index in [0.29, 0.717) is 5.56 Å². The third kappa shape index (κ3) is 2.70. The van der Waals surface area contributed by atoms with E-state index < -0.39 is 5.97 Å². The van der Waals surface area contributed by atoms with Gasteiger partial charge in [-0.3, -0.25) is 0 Å². The Morgan fingerprint density at radius 1 is 1.39 bits per heavy atom. The maximum absolute atomic E-state index is 11.0. The average molecular weight is 246 g/mol. The number of hydrogen-bond donors (Lipinski definition) is 1. The SMILES string of the molecule is CC(C)(C)CCn1cnc2ccc(C(=O)O)cc21. The quantitative estimate of drug-likeness (QED) is 0.905. The van der Waals surface area contributed by atoms with Crippen LogP contribution in [0.3, 0.4) is 0 Å². The Hall–Kier alpha value is -1.84. The first-order chi connectivity index (χ1) is 8.37. The van der Waals surface area contributed by atoms with Crippen LogP contribution in [0.4, 0.5) is 0 Å². The molecule has 2 rings (SSSR count). The maximum Gasteiger partial charge on any atom is 0.335 e. The average Bonchev–Trinajstić information content (AvgIpc) is 2.67. The van der Waals surface area contributed by atoms with Crippen molar-refractivity contribution < 1.29 is 9.90 Å². The molecule has 0 amide bonds. The second kappa shape index (κ2) is 4.44. The molecule has 1 aromatic heterocycles. The van der Waals surface area contributed by atoms with Crippen LogP contribution >= 0.6 is 0 Å². The largest absolute Gasteiger partial charge is 0.478 e. The minimum Gasteiger partial charge on any atom is -0.478 e. The molecule has 0 saturated heterocycles. The number of rotatable bonds is 3. The predicted octanol–water partition coefficient (Wildman–Crippen LogP) is 3.17. The molecule has 0 unspecified atom stereocenters. The molecule has 0 bridgehead atoms. The first-order valence-electron chi connectivity index (χ1n) is 6.05. The van der Waals surface area contributed by atoms with Crippen LogP contribution < -0.4 is 0 Å². The van der Waals surface area contributed by atoms with Gasteiger partial charge in [0.1, 0.15) is 0 Å². The highest BCUT2D eigenvalue weighted by atomic mass is 16.4. The molecule has 96 valence electrons. The summed E-state index contributed by atoms with van der Waals surface area (Å²) in [4.78, 5) is 15.3. The second-order valence-electron chi connectivity index (χ2n) is 5.76. The molecular formula is C14H18N2O2. The zero-order chi connectivity index (χ0) is 13.3. The number of aromatic nitrogens is 2. The number of carboxylic acids is 1. The van der Waals surface area contributed by atoms with Gasteiger partial charge in [-0.1, -0.05) is 20.8 Å². The summed E-state index contributed by atoms with van der Waals surface area (Å²) < 4.78 is 2.02. The van der Waals surface area contributed by atoms with E-state index in [1.54, 1.807) is 24.5 Å². The van der Waals surface area contributed by atoms with Gasteiger partial charge in [-0.25, -0.2) is 9.78 Å². The lowest BCUT2D eigenvalue weighted by molar-refractivity contribution is 0.0697. The van der Waals surface area contributed by atoms with Crippen LogP contribution in [0.1, 0.15) is 37.6 Å². The van der Waals surface area contributed by atoms with Gasteiger partial charge in [-0.05, 0) is 30.0 Å². The van der Waals surface area contributed by atoms with Gasteiger partial charge in [-0.2, -0.15) is 0 Å². The minimum absolute atomic E-state index is 0.251. The Morgan fingerprint density at radius 2 is 2.11 bits per heavy atom. The number of aromatic carboxylic acids is 1. The molecule has 0 saturated carbocycles. The number of aryl methyl sites for hydroxylation is 1. The molecule has 2 aromatic rings. The summed E-state index contributed by atoms with van der Waals surface area (Å²) in [6, 6.07) is 5.03. The number of fused-ring (bicyclic) bond motifs is 1. The first-order valence-corrected chi connectivity index (χ1v) is 6.05. The molecule has 1 N–H and O–H groups in total. The highest BCUT2D eigenvalue weighted by Crippen LogP contribution is 2.22. The van der Waals surface area contributed by atoms with Crippen LogP contribution in [0, 0.1) is 5.41 Å². The third-order valence-electron chi connectivity index (χ3n) is 2.97. The molecule has 0 atom stereocenters. The molecule has 4 nitrogen and oxygen atoms in total. The van der Waals surface area contributed by atoms with Gasteiger partial charge in [-0.15, -0.1) is 0 Å². The summed E-state index contributed by atoms with van der Waals surface area (Å²) in [7, 11) is 0. The number of carboxylic acid groups (broad SMARTS) is 1. The molecule has 0 fully saturated rings. The van der Waals surface area contributed by atoms with Crippen LogP contribution in [0.5, 0.6) is 0 Å². The molecule has 0 aliphatic rings. The van der Waals surface area contributed by atoms with Crippen LogP contribution in [-0.2, 0) is 6.54 Å². The van der Waals surface area contributed by atoms with E-state index in [-0.39, 0.29) is 5.41 Å². The summed E-state index contributed by atoms with van der Waals surface area (Å²) in [5.41, 5.74) is 2.29. The van der Waals surface area contributed by atoms with Crippen LogP contribution in [0.2, 0.25) is 0 Å². The molecule has 1 aromatic carbocycles. The predicted molar refractivity (Wildman–Crippen MR) is 70.8 cm³/mol. The van der Waals surface area contributed by atoms with E-state index in [2.05, 4.69) is 25.8 Å². The van der Waals surface area contributed by atoms with Crippen LogP contribution in [0.15, 0.2) is 24.5 Å². The molecule has 0 radical (unpaired) electrons. The molecule has 0 aliphatic heterocycles. The van der Waals surface area contributed by atoms with Gasteiger partial charge >= 0.3 is 5.97 Å². The van der Waals surface area contributed by atoms with Gasteiger partial charge in [0.15, 0.2) is 0 Å². The summed E-state index contributed by atoms with van der Waals surface area (Å²) in [6.45, 7) is 7.42. The molecular weight excluding hydrogens is 228 g/mol. The van der Waals surface area contributed by atoms with Gasteiger partial charge in [0.25, 0.3) is 0 Å². The van der Waals surface area contributed by atoms with E-state index in [4.69, 9.17) is 5.11 Å². The fourth-order valence-electron chi connectivity index (χ4n) is 1.82. The number of nitrogens with zero attached hydrogens (tertiary/aromatic N) is 2. The molecule has 1 heterocycles. The number of hydrogen-bond acceptors (Lipinski definition) is 2. The minimum atomic E-state index is -0.902. The van der Waals surface area contributed by atoms with Crippen molar-refractivity contribution in [2.75, 3.05) is 0 Å². The fourth-order valence-corrected chi connectivity index (χ4v) is 1.82. The monoisotopic (exact) mass is 246 g/mol. The summed E-state index contributed by atoms with van der Waals surface area (Å²) in [6.07, 6.45) is 2.80. The van der Waals surface area contributed by atoms with Gasteiger partial charge in [0.2, 0.25) is 0 Å². The molecule has 0 aliphatic carbocycles. The van der Waals surface area contributed by atoms with Crippen molar-refractivity contribution in [2.24, 2.45) is 5.41 Å². The van der Waals surface area contributed by atoms with Crippen LogP contribution in [0.25, 0.3) is 11.0 Å². The summed E-state index contributed by atoms with van der Waals surface area (Å²) in [5, 5.41) is 9.00. The van der Waals surface area contributed by atoms with E-state index in [9.17, 15) is 4.79 Å². The molecule has 0 spiro atoms. The Labute approximate surface area is 106 Å². The number of benzene rings is 1. The van der Waals surface area contributed by atoms with E-state index in [0.717, 1.165) is 24.0 Å². The Morgan fingerprint density at radius 3 is 2.72 bits per heavy atom. The van der Waals surface area contributed by atoms with E-state index in [1.807, 2.05) is 4.57 Å². The van der Waals surface area contributed by atoms with Crippen molar-refractivity contribution in [1.29, 1.82) is 0 Å². The van der Waals surface area contributed by atoms with Crippen molar-refractivity contribution >= 4 is 17.0 Å². The van der Waals surface area contributed by atoms with E-state index >= 15 is 0 Å². The van der Waals surface area contributed by atoms with E-state index in [1.165, 1.54) is 0 Å². The first kappa shape index (κ1) is 12.6. The second-order valence-corrected chi connectivity index (χ2v) is 5.76. The van der Waals surface area contributed by atoms with Crippen molar-refractivity contribution in [3.05, 3.63) is 30.1 Å². The lowest BCUT2D eigenvalue weighted by Gasteiger charge is -2.18. The normalized spacial score (nSPS) is 11.9. The molecule has 4 heteroatoms.